The molecule has 1 heterocycles. The Kier molecular flexibility index (Phi) is 2.80. The lowest BCUT2D eigenvalue weighted by molar-refractivity contribution is 0.400. The average molecular weight is 225 g/mol. The molecule has 1 aromatic carbocycles. The minimum atomic E-state index is -3.07. The van der Waals surface area contributed by atoms with E-state index in [4.69, 9.17) is 0 Å². The van der Waals surface area contributed by atoms with Gasteiger partial charge in [0.1, 0.15) is 0 Å². The molecule has 1 fully saturated rings. The summed E-state index contributed by atoms with van der Waals surface area (Å²) < 4.78 is 24.7. The van der Waals surface area contributed by atoms with Gasteiger partial charge in [0, 0.05) is 12.6 Å². The summed E-state index contributed by atoms with van der Waals surface area (Å²) >= 11 is 0. The summed E-state index contributed by atoms with van der Waals surface area (Å²) in [6, 6.07) is 9.88. The fourth-order valence-electron chi connectivity index (χ4n) is 2.15. The van der Waals surface area contributed by atoms with E-state index in [1.54, 1.807) is 4.31 Å². The van der Waals surface area contributed by atoms with Crippen molar-refractivity contribution in [3.63, 3.8) is 0 Å². The van der Waals surface area contributed by atoms with Crippen LogP contribution in [0.4, 0.5) is 0 Å². The Bertz CT molecular complexity index is 427. The summed E-state index contributed by atoms with van der Waals surface area (Å²) in [5, 5.41) is 0. The second-order valence-corrected chi connectivity index (χ2v) is 5.88. The molecule has 1 aromatic rings. The summed E-state index contributed by atoms with van der Waals surface area (Å²) in [5.74, 6) is 0. The van der Waals surface area contributed by atoms with E-state index in [1.807, 2.05) is 30.3 Å². The van der Waals surface area contributed by atoms with Gasteiger partial charge in [0.25, 0.3) is 0 Å². The highest BCUT2D eigenvalue weighted by molar-refractivity contribution is 7.88. The van der Waals surface area contributed by atoms with Crippen molar-refractivity contribution in [3.8, 4) is 0 Å². The molecular weight excluding hydrogens is 210 g/mol. The van der Waals surface area contributed by atoms with E-state index >= 15 is 0 Å². The Morgan fingerprint density at radius 1 is 1.27 bits per heavy atom. The molecule has 0 bridgehead atoms. The smallest absolute Gasteiger partial charge is 0.211 e. The molecule has 0 saturated carbocycles. The van der Waals surface area contributed by atoms with Crippen molar-refractivity contribution >= 4 is 10.0 Å². The van der Waals surface area contributed by atoms with Gasteiger partial charge < -0.3 is 0 Å². The summed E-state index contributed by atoms with van der Waals surface area (Å²) in [6.07, 6.45) is 3.16. The number of hydrogen-bond donors (Lipinski definition) is 0. The van der Waals surface area contributed by atoms with Crippen molar-refractivity contribution in [2.24, 2.45) is 0 Å². The lowest BCUT2D eigenvalue weighted by Crippen LogP contribution is -2.29. The van der Waals surface area contributed by atoms with Gasteiger partial charge in [-0.05, 0) is 18.4 Å². The standard InChI is InChI=1S/C11H15NO2S/c1-15(13,14)12-9-5-8-11(12)10-6-3-2-4-7-10/h2-4,6-7,11H,5,8-9H2,1H3. The Hall–Kier alpha value is -0.870. The molecule has 0 spiro atoms. The molecule has 1 unspecified atom stereocenters. The van der Waals surface area contributed by atoms with E-state index < -0.39 is 10.0 Å². The maximum absolute atomic E-state index is 11.5. The van der Waals surface area contributed by atoms with Crippen LogP contribution >= 0.6 is 0 Å². The second-order valence-electron chi connectivity index (χ2n) is 3.94. The first-order chi connectivity index (χ1) is 7.09. The third kappa shape index (κ3) is 2.21. The molecule has 1 aliphatic heterocycles. The zero-order valence-corrected chi connectivity index (χ0v) is 9.57. The van der Waals surface area contributed by atoms with E-state index in [0.29, 0.717) is 6.54 Å². The first-order valence-electron chi connectivity index (χ1n) is 5.11. The summed E-state index contributed by atoms with van der Waals surface area (Å²) in [6.45, 7) is 0.651. The Labute approximate surface area is 90.8 Å². The Morgan fingerprint density at radius 2 is 1.93 bits per heavy atom. The fourth-order valence-corrected chi connectivity index (χ4v) is 3.30. The predicted molar refractivity (Wildman–Crippen MR) is 60.0 cm³/mol. The van der Waals surface area contributed by atoms with Gasteiger partial charge >= 0.3 is 0 Å². The molecule has 3 nitrogen and oxygen atoms in total. The van der Waals surface area contributed by atoms with Gasteiger partial charge in [-0.3, -0.25) is 0 Å². The van der Waals surface area contributed by atoms with Crippen molar-refractivity contribution in [3.05, 3.63) is 35.9 Å². The molecule has 0 N–H and O–H groups in total. The molecule has 4 heteroatoms. The van der Waals surface area contributed by atoms with Crippen LogP contribution < -0.4 is 0 Å². The molecule has 0 amide bonds. The van der Waals surface area contributed by atoms with Gasteiger partial charge in [-0.15, -0.1) is 0 Å². The zero-order chi connectivity index (χ0) is 10.9. The fraction of sp³-hybridized carbons (Fsp3) is 0.455. The molecule has 0 radical (unpaired) electrons. The molecule has 15 heavy (non-hydrogen) atoms. The minimum absolute atomic E-state index is 0.0428. The maximum atomic E-state index is 11.5. The highest BCUT2D eigenvalue weighted by Gasteiger charge is 2.32. The summed E-state index contributed by atoms with van der Waals surface area (Å²) in [5.41, 5.74) is 1.10. The molecule has 0 aromatic heterocycles. The molecule has 82 valence electrons. The van der Waals surface area contributed by atoms with Crippen LogP contribution in [-0.4, -0.2) is 25.5 Å². The molecule has 1 saturated heterocycles. The quantitative estimate of drug-likeness (QED) is 0.769. The average Bonchev–Trinajstić information content (AvgIpc) is 2.67. The molecule has 1 atom stereocenters. The number of benzene rings is 1. The number of hydrogen-bond acceptors (Lipinski definition) is 2. The predicted octanol–water partition coefficient (Wildman–Crippen LogP) is 1.78. The van der Waals surface area contributed by atoms with E-state index in [1.165, 1.54) is 6.26 Å². The summed E-state index contributed by atoms with van der Waals surface area (Å²) in [7, 11) is -3.07. The molecule has 1 aliphatic rings. The van der Waals surface area contributed by atoms with Crippen molar-refractivity contribution in [2.45, 2.75) is 18.9 Å². The Balaban J connectivity index is 2.30. The number of sulfonamides is 1. The largest absolute Gasteiger partial charge is 0.212 e. The van der Waals surface area contributed by atoms with Crippen LogP contribution in [0.5, 0.6) is 0 Å². The van der Waals surface area contributed by atoms with Crippen molar-refractivity contribution in [1.82, 2.24) is 4.31 Å². The van der Waals surface area contributed by atoms with Gasteiger partial charge in [0.05, 0.1) is 6.26 Å². The highest BCUT2D eigenvalue weighted by atomic mass is 32.2. The minimum Gasteiger partial charge on any atom is -0.212 e. The zero-order valence-electron chi connectivity index (χ0n) is 8.76. The normalized spacial score (nSPS) is 23.1. The SMILES string of the molecule is CS(=O)(=O)N1CCCC1c1ccccc1. The van der Waals surface area contributed by atoms with Crippen LogP contribution in [0.15, 0.2) is 30.3 Å². The van der Waals surface area contributed by atoms with Crippen LogP contribution in [0.2, 0.25) is 0 Å². The Morgan fingerprint density at radius 3 is 2.53 bits per heavy atom. The van der Waals surface area contributed by atoms with E-state index in [2.05, 4.69) is 0 Å². The van der Waals surface area contributed by atoms with Crippen LogP contribution in [0.25, 0.3) is 0 Å². The van der Waals surface area contributed by atoms with E-state index in [9.17, 15) is 8.42 Å². The lowest BCUT2D eigenvalue weighted by Gasteiger charge is -2.22. The van der Waals surface area contributed by atoms with Crippen LogP contribution in [-0.2, 0) is 10.0 Å². The van der Waals surface area contributed by atoms with Crippen LogP contribution in [0.1, 0.15) is 24.4 Å². The van der Waals surface area contributed by atoms with Crippen LogP contribution in [0.3, 0.4) is 0 Å². The van der Waals surface area contributed by atoms with Crippen molar-refractivity contribution in [2.75, 3.05) is 12.8 Å². The highest BCUT2D eigenvalue weighted by Crippen LogP contribution is 2.33. The van der Waals surface area contributed by atoms with Gasteiger partial charge in [-0.25, -0.2) is 8.42 Å². The van der Waals surface area contributed by atoms with Gasteiger partial charge in [-0.2, -0.15) is 4.31 Å². The van der Waals surface area contributed by atoms with Gasteiger partial charge in [0.2, 0.25) is 10.0 Å². The van der Waals surface area contributed by atoms with Gasteiger partial charge in [-0.1, -0.05) is 30.3 Å². The second kappa shape index (κ2) is 3.94. The molecular formula is C11H15NO2S. The first-order valence-corrected chi connectivity index (χ1v) is 6.95. The summed E-state index contributed by atoms with van der Waals surface area (Å²) in [4.78, 5) is 0. The first kappa shape index (κ1) is 10.6. The molecule has 2 rings (SSSR count). The van der Waals surface area contributed by atoms with Crippen molar-refractivity contribution < 1.29 is 8.42 Å². The maximum Gasteiger partial charge on any atom is 0.211 e. The van der Waals surface area contributed by atoms with Gasteiger partial charge in [0.15, 0.2) is 0 Å². The number of nitrogens with zero attached hydrogens (tertiary/aromatic N) is 1. The molecule has 0 aliphatic carbocycles. The monoisotopic (exact) mass is 225 g/mol. The van der Waals surface area contributed by atoms with Crippen LogP contribution in [0, 0.1) is 0 Å². The third-order valence-corrected chi connectivity index (χ3v) is 4.10. The van der Waals surface area contributed by atoms with E-state index in [-0.39, 0.29) is 6.04 Å². The van der Waals surface area contributed by atoms with E-state index in [0.717, 1.165) is 18.4 Å². The lowest BCUT2D eigenvalue weighted by atomic mass is 10.1. The topological polar surface area (TPSA) is 37.4 Å². The van der Waals surface area contributed by atoms with Crippen molar-refractivity contribution in [1.29, 1.82) is 0 Å². The number of rotatable bonds is 2. The third-order valence-electron chi connectivity index (χ3n) is 2.81.